The van der Waals surface area contributed by atoms with E-state index in [9.17, 15) is 14.7 Å². The van der Waals surface area contributed by atoms with E-state index < -0.39 is 0 Å². The third-order valence-electron chi connectivity index (χ3n) is 7.93. The maximum atomic E-state index is 13.5. The number of hydrogen-bond donors (Lipinski definition) is 1. The van der Waals surface area contributed by atoms with Crippen molar-refractivity contribution in [1.82, 2.24) is 0 Å². The molecule has 0 spiro atoms. The Balaban J connectivity index is 1.22. The molecule has 1 fully saturated rings. The zero-order valence-electron chi connectivity index (χ0n) is 22.7. The number of hydrogen-bond acceptors (Lipinski definition) is 6. The van der Waals surface area contributed by atoms with Crippen LogP contribution in [0, 0.1) is 11.8 Å². The maximum absolute atomic E-state index is 13.5. The fourth-order valence-corrected chi connectivity index (χ4v) is 5.72. The van der Waals surface area contributed by atoms with Crippen LogP contribution in [0.1, 0.15) is 25.7 Å². The van der Waals surface area contributed by atoms with E-state index in [2.05, 4.69) is 0 Å². The van der Waals surface area contributed by atoms with Crippen molar-refractivity contribution in [3.63, 3.8) is 0 Å². The smallest absolute Gasteiger partial charge is 0.314 e. The molecule has 41 heavy (non-hydrogen) atoms. The van der Waals surface area contributed by atoms with E-state index in [1.807, 2.05) is 60.7 Å². The summed E-state index contributed by atoms with van der Waals surface area (Å²) in [7, 11) is 1.58. The van der Waals surface area contributed by atoms with E-state index in [1.165, 1.54) is 0 Å². The highest BCUT2D eigenvalue weighted by Crippen LogP contribution is 2.45. The van der Waals surface area contributed by atoms with Gasteiger partial charge in [-0.1, -0.05) is 60.7 Å². The highest BCUT2D eigenvalue weighted by Gasteiger charge is 2.33. The van der Waals surface area contributed by atoms with Crippen LogP contribution < -0.4 is 14.2 Å². The quantitative estimate of drug-likeness (QED) is 0.174. The van der Waals surface area contributed by atoms with Crippen molar-refractivity contribution in [3.05, 3.63) is 97.1 Å². The van der Waals surface area contributed by atoms with Crippen LogP contribution in [-0.4, -0.2) is 24.2 Å². The SMILES string of the molecule is COc1ccc(OC(=O)C2CCC(C(=O)Oc3ccc4ccccc4c3-c3c(O)ccc4ccccc34)CC2)cc1. The van der Waals surface area contributed by atoms with Gasteiger partial charge in [0.15, 0.2) is 0 Å². The van der Waals surface area contributed by atoms with Crippen molar-refractivity contribution < 1.29 is 28.9 Å². The topological polar surface area (TPSA) is 82.1 Å². The molecular formula is C35H30O6. The minimum atomic E-state index is -0.333. The lowest BCUT2D eigenvalue weighted by Crippen LogP contribution is -2.30. The van der Waals surface area contributed by atoms with Gasteiger partial charge < -0.3 is 19.3 Å². The number of esters is 2. The lowest BCUT2D eigenvalue weighted by Gasteiger charge is -2.26. The molecule has 0 heterocycles. The van der Waals surface area contributed by atoms with Crippen molar-refractivity contribution in [2.75, 3.05) is 7.11 Å². The molecule has 6 rings (SSSR count). The van der Waals surface area contributed by atoms with Crippen LogP contribution in [0.25, 0.3) is 32.7 Å². The molecule has 0 unspecified atom stereocenters. The van der Waals surface area contributed by atoms with E-state index in [0.717, 1.165) is 21.5 Å². The Kier molecular flexibility index (Phi) is 7.30. The first-order valence-electron chi connectivity index (χ1n) is 13.8. The van der Waals surface area contributed by atoms with Gasteiger partial charge in [-0.3, -0.25) is 9.59 Å². The van der Waals surface area contributed by atoms with E-state index in [-0.39, 0.29) is 29.5 Å². The largest absolute Gasteiger partial charge is 0.507 e. The molecule has 1 N–H and O–H groups in total. The fourth-order valence-electron chi connectivity index (χ4n) is 5.72. The standard InChI is InChI=1S/C35H30O6/c1-39-26-16-18-27(19-17-26)40-34(37)24-10-12-25(13-11-24)35(38)41-31-21-15-23-7-3-5-9-29(23)33(31)32-28-8-4-2-6-22(28)14-20-30(32)36/h2-9,14-21,24-25,36H,10-13H2,1H3. The second kappa shape index (κ2) is 11.3. The molecule has 0 aromatic heterocycles. The second-order valence-electron chi connectivity index (χ2n) is 10.4. The van der Waals surface area contributed by atoms with Gasteiger partial charge in [0, 0.05) is 11.1 Å². The summed E-state index contributed by atoms with van der Waals surface area (Å²) in [6, 6.07) is 29.9. The molecule has 0 saturated heterocycles. The molecule has 5 aromatic rings. The van der Waals surface area contributed by atoms with Gasteiger partial charge in [-0.2, -0.15) is 0 Å². The highest BCUT2D eigenvalue weighted by molar-refractivity contribution is 6.10. The summed E-state index contributed by atoms with van der Waals surface area (Å²) in [4.78, 5) is 26.2. The van der Waals surface area contributed by atoms with Crippen molar-refractivity contribution in [2.24, 2.45) is 11.8 Å². The summed E-state index contributed by atoms with van der Waals surface area (Å²) in [6.45, 7) is 0. The second-order valence-corrected chi connectivity index (χ2v) is 10.4. The monoisotopic (exact) mass is 546 g/mol. The molecule has 0 aliphatic heterocycles. The summed E-state index contributed by atoms with van der Waals surface area (Å²) in [5.41, 5.74) is 1.31. The maximum Gasteiger partial charge on any atom is 0.314 e. The molecule has 6 heteroatoms. The molecule has 0 radical (unpaired) electrons. The number of benzene rings is 5. The Hall–Kier alpha value is -4.84. The number of carbonyl (C=O) groups excluding carboxylic acids is 2. The highest BCUT2D eigenvalue weighted by atomic mass is 16.5. The van der Waals surface area contributed by atoms with Crippen molar-refractivity contribution in [2.45, 2.75) is 25.7 Å². The minimum absolute atomic E-state index is 0.119. The molecule has 0 bridgehead atoms. The molecule has 6 nitrogen and oxygen atoms in total. The van der Waals surface area contributed by atoms with Crippen molar-refractivity contribution >= 4 is 33.5 Å². The molecule has 1 saturated carbocycles. The van der Waals surface area contributed by atoms with E-state index in [1.54, 1.807) is 43.5 Å². The van der Waals surface area contributed by atoms with Crippen molar-refractivity contribution in [3.8, 4) is 34.1 Å². The van der Waals surface area contributed by atoms with Gasteiger partial charge in [0.1, 0.15) is 23.0 Å². The van der Waals surface area contributed by atoms with Crippen molar-refractivity contribution in [1.29, 1.82) is 0 Å². The third kappa shape index (κ3) is 5.33. The lowest BCUT2D eigenvalue weighted by atomic mass is 9.82. The van der Waals surface area contributed by atoms with Crippen LogP contribution in [-0.2, 0) is 9.59 Å². The Labute approximate surface area is 238 Å². The normalized spacial score (nSPS) is 16.8. The number of carbonyl (C=O) groups is 2. The molecule has 206 valence electrons. The van der Waals surface area contributed by atoms with Gasteiger partial charge in [-0.25, -0.2) is 0 Å². The van der Waals surface area contributed by atoms with Crippen LogP contribution >= 0.6 is 0 Å². The predicted octanol–water partition coefficient (Wildman–Crippen LogP) is 7.69. The first-order chi connectivity index (χ1) is 20.0. The number of ether oxygens (including phenoxy) is 3. The van der Waals surface area contributed by atoms with Crippen LogP contribution in [0.15, 0.2) is 97.1 Å². The number of methoxy groups -OCH3 is 1. The van der Waals surface area contributed by atoms with Crippen LogP contribution in [0.4, 0.5) is 0 Å². The average Bonchev–Trinajstić information content (AvgIpc) is 3.02. The molecule has 1 aliphatic rings. The van der Waals surface area contributed by atoms with Gasteiger partial charge >= 0.3 is 11.9 Å². The lowest BCUT2D eigenvalue weighted by molar-refractivity contribution is -0.145. The van der Waals surface area contributed by atoms with Crippen LogP contribution in [0.5, 0.6) is 23.0 Å². The summed E-state index contributed by atoms with van der Waals surface area (Å²) in [6.07, 6.45) is 2.15. The molecule has 5 aromatic carbocycles. The van der Waals surface area contributed by atoms with Gasteiger partial charge in [-0.15, -0.1) is 0 Å². The first kappa shape index (κ1) is 26.4. The van der Waals surface area contributed by atoms with Gasteiger partial charge in [0.2, 0.25) is 0 Å². The predicted molar refractivity (Wildman–Crippen MR) is 158 cm³/mol. The number of phenols is 1. The molecular weight excluding hydrogens is 516 g/mol. The summed E-state index contributed by atoms with van der Waals surface area (Å²) in [5.74, 6) is 0.459. The summed E-state index contributed by atoms with van der Waals surface area (Å²) in [5, 5.41) is 14.8. The van der Waals surface area contributed by atoms with Crippen LogP contribution in [0.3, 0.4) is 0 Å². The summed E-state index contributed by atoms with van der Waals surface area (Å²) >= 11 is 0. The number of phenolic OH excluding ortho intramolecular Hbond substituents is 1. The molecule has 0 atom stereocenters. The van der Waals surface area contributed by atoms with E-state index in [4.69, 9.17) is 14.2 Å². The first-order valence-corrected chi connectivity index (χ1v) is 13.8. The Morgan fingerprint density at radius 2 is 1.12 bits per heavy atom. The van der Waals surface area contributed by atoms with E-state index in [0.29, 0.717) is 54.1 Å². The zero-order valence-corrected chi connectivity index (χ0v) is 22.7. The van der Waals surface area contributed by atoms with Gasteiger partial charge in [0.05, 0.1) is 18.9 Å². The van der Waals surface area contributed by atoms with E-state index >= 15 is 0 Å². The Morgan fingerprint density at radius 1 is 0.610 bits per heavy atom. The number of rotatable bonds is 6. The number of aromatic hydroxyl groups is 1. The minimum Gasteiger partial charge on any atom is -0.507 e. The fraction of sp³-hybridized carbons (Fsp3) is 0.200. The van der Waals surface area contributed by atoms with Gasteiger partial charge in [-0.05, 0) is 83.6 Å². The molecule has 1 aliphatic carbocycles. The Bertz CT molecular complexity index is 1730. The summed E-state index contributed by atoms with van der Waals surface area (Å²) < 4.78 is 16.8. The Morgan fingerprint density at radius 3 is 1.73 bits per heavy atom. The third-order valence-corrected chi connectivity index (χ3v) is 7.93. The zero-order chi connectivity index (χ0) is 28.3. The molecule has 0 amide bonds. The van der Waals surface area contributed by atoms with Gasteiger partial charge in [0.25, 0.3) is 0 Å². The van der Waals surface area contributed by atoms with Crippen LogP contribution in [0.2, 0.25) is 0 Å². The number of fused-ring (bicyclic) bond motifs is 2. The average molecular weight is 547 g/mol.